The summed E-state index contributed by atoms with van der Waals surface area (Å²) >= 11 is 1.79. The molecule has 27 heavy (non-hydrogen) atoms. The molecule has 0 aliphatic rings. The number of amides is 1. The molecule has 0 spiro atoms. The van der Waals surface area contributed by atoms with Crippen LogP contribution in [0.5, 0.6) is 0 Å². The topological polar surface area (TPSA) is 46.9 Å². The Kier molecular flexibility index (Phi) is 6.56. The molecule has 0 saturated heterocycles. The van der Waals surface area contributed by atoms with E-state index in [0.29, 0.717) is 0 Å². The van der Waals surface area contributed by atoms with Gasteiger partial charge in [-0.2, -0.15) is 11.8 Å². The van der Waals surface area contributed by atoms with Crippen molar-refractivity contribution in [2.75, 3.05) is 12.0 Å². The summed E-state index contributed by atoms with van der Waals surface area (Å²) in [5.74, 6) is 1.92. The summed E-state index contributed by atoms with van der Waals surface area (Å²) in [6, 6.07) is 18.5. The molecule has 0 aliphatic carbocycles. The maximum atomic E-state index is 12.4. The lowest BCUT2D eigenvalue weighted by Crippen LogP contribution is -2.34. The average molecular weight is 382 g/mol. The summed E-state index contributed by atoms with van der Waals surface area (Å²) in [6.45, 7) is 4.59. The molecule has 0 fully saturated rings. The Morgan fingerprint density at radius 1 is 1.11 bits per heavy atom. The minimum absolute atomic E-state index is 0.0475. The molecule has 4 nitrogen and oxygen atoms in total. The van der Waals surface area contributed by atoms with Crippen LogP contribution in [0.1, 0.15) is 37.7 Å². The number of thioether (sulfide) groups is 1. The first kappa shape index (κ1) is 19.5. The molecule has 0 saturated carbocycles. The highest BCUT2D eigenvalue weighted by Gasteiger charge is 2.23. The zero-order chi connectivity index (χ0) is 19.2. The van der Waals surface area contributed by atoms with Crippen molar-refractivity contribution in [3.05, 3.63) is 66.0 Å². The van der Waals surface area contributed by atoms with Crippen LogP contribution in [0.4, 0.5) is 0 Å². The summed E-state index contributed by atoms with van der Waals surface area (Å²) in [5, 5.41) is 3.22. The summed E-state index contributed by atoms with van der Waals surface area (Å²) in [4.78, 5) is 17.3. The predicted octanol–water partition coefficient (Wildman–Crippen LogP) is 4.65. The Labute approximate surface area is 165 Å². The normalized spacial score (nSPS) is 12.4. The summed E-state index contributed by atoms with van der Waals surface area (Å²) in [5.41, 5.74) is 3.29. The maximum Gasteiger partial charge on any atom is 0.223 e. The van der Waals surface area contributed by atoms with Crippen LogP contribution in [-0.4, -0.2) is 27.5 Å². The number of hydrogen-bond acceptors (Lipinski definition) is 3. The van der Waals surface area contributed by atoms with Crippen LogP contribution in [0, 0.1) is 5.92 Å². The first-order valence-corrected chi connectivity index (χ1v) is 10.8. The molecule has 1 amide bonds. The first-order chi connectivity index (χ1) is 13.1. The van der Waals surface area contributed by atoms with Gasteiger partial charge in [0.1, 0.15) is 5.82 Å². The lowest BCUT2D eigenvalue weighted by molar-refractivity contribution is -0.124. The van der Waals surface area contributed by atoms with Crippen molar-refractivity contribution in [3.63, 3.8) is 0 Å². The molecular formula is C22H27N3OS. The van der Waals surface area contributed by atoms with Crippen molar-refractivity contribution in [1.29, 1.82) is 0 Å². The third-order valence-electron chi connectivity index (χ3n) is 4.63. The second kappa shape index (κ2) is 9.09. The molecular weight excluding hydrogens is 354 g/mol. The van der Waals surface area contributed by atoms with Gasteiger partial charge < -0.3 is 9.88 Å². The van der Waals surface area contributed by atoms with Crippen molar-refractivity contribution in [1.82, 2.24) is 14.9 Å². The lowest BCUT2D eigenvalue weighted by atomic mass is 10.1. The Hall–Kier alpha value is -2.27. The number of hydrogen-bond donors (Lipinski definition) is 1. The minimum Gasteiger partial charge on any atom is -0.346 e. The second-order valence-electron chi connectivity index (χ2n) is 7.03. The van der Waals surface area contributed by atoms with Gasteiger partial charge in [0.05, 0.1) is 17.1 Å². The van der Waals surface area contributed by atoms with Crippen LogP contribution < -0.4 is 5.32 Å². The fourth-order valence-corrected chi connectivity index (χ4v) is 3.60. The van der Waals surface area contributed by atoms with E-state index in [1.54, 1.807) is 11.8 Å². The number of nitrogens with one attached hydrogen (secondary N) is 1. The molecule has 2 aromatic carbocycles. The quantitative estimate of drug-likeness (QED) is 0.618. The van der Waals surface area contributed by atoms with Gasteiger partial charge in [0, 0.05) is 12.5 Å². The van der Waals surface area contributed by atoms with Gasteiger partial charge in [-0.3, -0.25) is 4.79 Å². The number of nitrogens with zero attached hydrogens (tertiary/aromatic N) is 2. The van der Waals surface area contributed by atoms with E-state index < -0.39 is 0 Å². The van der Waals surface area contributed by atoms with Crippen LogP contribution in [-0.2, 0) is 11.3 Å². The van der Waals surface area contributed by atoms with E-state index in [2.05, 4.69) is 46.5 Å². The molecule has 0 aliphatic heterocycles. The van der Waals surface area contributed by atoms with Crippen LogP contribution in [0.2, 0.25) is 0 Å². The highest BCUT2D eigenvalue weighted by atomic mass is 32.2. The molecule has 0 bridgehead atoms. The van der Waals surface area contributed by atoms with Gasteiger partial charge in [-0.25, -0.2) is 4.98 Å². The third-order valence-corrected chi connectivity index (χ3v) is 5.27. The lowest BCUT2D eigenvalue weighted by Gasteiger charge is -2.21. The van der Waals surface area contributed by atoms with E-state index in [4.69, 9.17) is 4.98 Å². The van der Waals surface area contributed by atoms with Gasteiger partial charge in [0.2, 0.25) is 5.91 Å². The maximum absolute atomic E-state index is 12.4. The number of benzene rings is 2. The van der Waals surface area contributed by atoms with Crippen LogP contribution >= 0.6 is 11.8 Å². The predicted molar refractivity (Wildman–Crippen MR) is 114 cm³/mol. The van der Waals surface area contributed by atoms with Gasteiger partial charge in [-0.1, -0.05) is 56.3 Å². The van der Waals surface area contributed by atoms with Gasteiger partial charge in [-0.15, -0.1) is 0 Å². The molecule has 1 heterocycles. The van der Waals surface area contributed by atoms with Crippen molar-refractivity contribution < 1.29 is 4.79 Å². The van der Waals surface area contributed by atoms with Crippen LogP contribution in [0.15, 0.2) is 54.6 Å². The Balaban J connectivity index is 2.03. The van der Waals surface area contributed by atoms with Gasteiger partial charge in [-0.05, 0) is 36.1 Å². The standard InChI is InChI=1S/C22H27N3OS/c1-16(2)22(26)24-19(13-14-27-3)21-23-18-11-7-8-12-20(18)25(21)15-17-9-5-4-6-10-17/h4-12,16,19H,13-15H2,1-3H3,(H,24,26)/t19-/m1/s1. The number of carbonyl (C=O) groups is 1. The van der Waals surface area contributed by atoms with Crippen LogP contribution in [0.3, 0.4) is 0 Å². The number of imidazole rings is 1. The zero-order valence-electron chi connectivity index (χ0n) is 16.2. The Morgan fingerprint density at radius 2 is 1.81 bits per heavy atom. The van der Waals surface area contributed by atoms with Crippen molar-refractivity contribution in [2.45, 2.75) is 32.9 Å². The Morgan fingerprint density at radius 3 is 2.52 bits per heavy atom. The molecule has 142 valence electrons. The van der Waals surface area contributed by atoms with Crippen LogP contribution in [0.25, 0.3) is 11.0 Å². The number of aromatic nitrogens is 2. The molecule has 3 rings (SSSR count). The number of rotatable bonds is 8. The number of fused-ring (bicyclic) bond motifs is 1. The molecule has 0 radical (unpaired) electrons. The van der Waals surface area contributed by atoms with Crippen molar-refractivity contribution >= 4 is 28.7 Å². The van der Waals surface area contributed by atoms with E-state index >= 15 is 0 Å². The van der Waals surface area contributed by atoms with Gasteiger partial charge in [0.15, 0.2) is 0 Å². The number of para-hydroxylation sites is 2. The van der Waals surface area contributed by atoms with Crippen molar-refractivity contribution in [3.8, 4) is 0 Å². The van der Waals surface area contributed by atoms with Gasteiger partial charge in [0.25, 0.3) is 0 Å². The zero-order valence-corrected chi connectivity index (χ0v) is 17.0. The monoisotopic (exact) mass is 381 g/mol. The SMILES string of the molecule is CSCC[C@@H](NC(=O)C(C)C)c1nc2ccccc2n1Cc1ccccc1. The minimum atomic E-state index is -0.0940. The van der Waals surface area contributed by atoms with Crippen molar-refractivity contribution in [2.24, 2.45) is 5.92 Å². The molecule has 1 N–H and O–H groups in total. The van der Waals surface area contributed by atoms with E-state index in [-0.39, 0.29) is 17.9 Å². The smallest absolute Gasteiger partial charge is 0.223 e. The fourth-order valence-electron chi connectivity index (χ4n) is 3.13. The number of carbonyl (C=O) groups excluding carboxylic acids is 1. The highest BCUT2D eigenvalue weighted by Crippen LogP contribution is 2.25. The van der Waals surface area contributed by atoms with Gasteiger partial charge >= 0.3 is 0 Å². The van der Waals surface area contributed by atoms with E-state index in [1.807, 2.05) is 38.1 Å². The largest absolute Gasteiger partial charge is 0.346 e. The molecule has 1 aromatic heterocycles. The summed E-state index contributed by atoms with van der Waals surface area (Å²) in [6.07, 6.45) is 2.95. The Bertz CT molecular complexity index is 889. The van der Waals surface area contributed by atoms with E-state index in [1.165, 1.54) is 5.56 Å². The van der Waals surface area contributed by atoms with E-state index in [9.17, 15) is 4.79 Å². The third kappa shape index (κ3) is 4.72. The molecule has 1 atom stereocenters. The first-order valence-electron chi connectivity index (χ1n) is 9.38. The molecule has 0 unspecified atom stereocenters. The fraction of sp³-hybridized carbons (Fsp3) is 0.364. The van der Waals surface area contributed by atoms with E-state index in [0.717, 1.165) is 35.6 Å². The average Bonchev–Trinajstić information content (AvgIpc) is 3.04. The molecule has 5 heteroatoms. The summed E-state index contributed by atoms with van der Waals surface area (Å²) < 4.78 is 2.25. The highest BCUT2D eigenvalue weighted by molar-refractivity contribution is 7.98. The molecule has 3 aromatic rings. The second-order valence-corrected chi connectivity index (χ2v) is 8.01. The summed E-state index contributed by atoms with van der Waals surface area (Å²) in [7, 11) is 0.